The molecule has 3 rings (SSSR count). The zero-order valence-electron chi connectivity index (χ0n) is 15.7. The lowest BCUT2D eigenvalue weighted by Crippen LogP contribution is -2.36. The Morgan fingerprint density at radius 1 is 1.00 bits per heavy atom. The fourth-order valence-corrected chi connectivity index (χ4v) is 2.99. The molecule has 1 aliphatic rings. The number of ether oxygens (including phenoxy) is 1. The molecule has 2 N–H and O–H groups in total. The van der Waals surface area contributed by atoms with Crippen LogP contribution in [0.15, 0.2) is 48.5 Å². The van der Waals surface area contributed by atoms with Gasteiger partial charge in [-0.05, 0) is 42.5 Å². The van der Waals surface area contributed by atoms with Crippen LogP contribution in [0.4, 0.5) is 11.4 Å². The number of morpholine rings is 1. The molecule has 1 saturated heterocycles. The summed E-state index contributed by atoms with van der Waals surface area (Å²) in [4.78, 5) is 38.0. The molecule has 0 radical (unpaired) electrons. The average Bonchev–Trinajstić information content (AvgIpc) is 2.72. The number of hydrogen-bond donors (Lipinski definition) is 2. The molecule has 1 aliphatic heterocycles. The van der Waals surface area contributed by atoms with Crippen LogP contribution in [0.5, 0.6) is 0 Å². The summed E-state index contributed by atoms with van der Waals surface area (Å²) in [6, 6.07) is 13.9. The van der Waals surface area contributed by atoms with Gasteiger partial charge < -0.3 is 20.3 Å². The zero-order chi connectivity index (χ0) is 19.9. The molecule has 0 aliphatic carbocycles. The number of hydrogen-bond acceptors (Lipinski definition) is 5. The van der Waals surface area contributed by atoms with E-state index < -0.39 is 0 Å². The van der Waals surface area contributed by atoms with Gasteiger partial charge in [0, 0.05) is 42.5 Å². The summed E-state index contributed by atoms with van der Waals surface area (Å²) in [5.74, 6) is -0.751. The molecule has 0 aromatic heterocycles. The SMILES string of the molecule is CC(=O)Nc1cccc(C(=O)NCC(=O)c2ccc(N3CCOCC3)cc2)c1. The smallest absolute Gasteiger partial charge is 0.251 e. The van der Waals surface area contributed by atoms with Gasteiger partial charge in [0.2, 0.25) is 5.91 Å². The van der Waals surface area contributed by atoms with Gasteiger partial charge in [-0.3, -0.25) is 14.4 Å². The molecular weight excluding hydrogens is 358 g/mol. The standard InChI is InChI=1S/C21H23N3O4/c1-15(25)23-18-4-2-3-17(13-18)21(27)22-14-20(26)16-5-7-19(8-6-16)24-9-11-28-12-10-24/h2-8,13H,9-12,14H2,1H3,(H,22,27)(H,23,25). The van der Waals surface area contributed by atoms with E-state index in [1.54, 1.807) is 36.4 Å². The van der Waals surface area contributed by atoms with Gasteiger partial charge in [0.25, 0.3) is 5.91 Å². The quantitative estimate of drug-likeness (QED) is 0.748. The van der Waals surface area contributed by atoms with E-state index in [1.165, 1.54) is 6.92 Å². The van der Waals surface area contributed by atoms with Crippen LogP contribution in [0.3, 0.4) is 0 Å². The lowest BCUT2D eigenvalue weighted by Gasteiger charge is -2.28. The van der Waals surface area contributed by atoms with Crippen molar-refractivity contribution in [2.45, 2.75) is 6.92 Å². The van der Waals surface area contributed by atoms with Gasteiger partial charge in [-0.25, -0.2) is 0 Å². The lowest BCUT2D eigenvalue weighted by molar-refractivity contribution is -0.114. The van der Waals surface area contributed by atoms with Gasteiger partial charge in [-0.1, -0.05) is 6.07 Å². The van der Waals surface area contributed by atoms with Crippen LogP contribution in [-0.2, 0) is 9.53 Å². The molecule has 0 atom stereocenters. The molecule has 2 amide bonds. The predicted molar refractivity (Wildman–Crippen MR) is 107 cm³/mol. The molecule has 1 fully saturated rings. The normalized spacial score (nSPS) is 13.7. The van der Waals surface area contributed by atoms with Crippen molar-refractivity contribution in [2.24, 2.45) is 0 Å². The molecule has 7 heteroatoms. The highest BCUT2D eigenvalue weighted by Gasteiger charge is 2.13. The number of nitrogens with zero attached hydrogens (tertiary/aromatic N) is 1. The number of anilines is 2. The highest BCUT2D eigenvalue weighted by atomic mass is 16.5. The molecule has 7 nitrogen and oxygen atoms in total. The Balaban J connectivity index is 1.56. The van der Waals surface area contributed by atoms with Crippen molar-refractivity contribution in [3.63, 3.8) is 0 Å². The molecule has 0 saturated carbocycles. The third kappa shape index (κ3) is 5.17. The Labute approximate surface area is 163 Å². The van der Waals surface area contributed by atoms with Crippen LogP contribution in [0, 0.1) is 0 Å². The van der Waals surface area contributed by atoms with E-state index in [0.717, 1.165) is 18.8 Å². The highest BCUT2D eigenvalue weighted by molar-refractivity contribution is 6.02. The fraction of sp³-hybridized carbons (Fsp3) is 0.286. The molecule has 28 heavy (non-hydrogen) atoms. The molecule has 1 heterocycles. The van der Waals surface area contributed by atoms with Crippen LogP contribution in [-0.4, -0.2) is 50.4 Å². The minimum Gasteiger partial charge on any atom is -0.378 e. The summed E-state index contributed by atoms with van der Waals surface area (Å²) in [5, 5.41) is 5.25. The maximum atomic E-state index is 12.4. The van der Waals surface area contributed by atoms with Gasteiger partial charge in [-0.15, -0.1) is 0 Å². The Hall–Kier alpha value is -3.19. The third-order valence-electron chi connectivity index (χ3n) is 4.42. The average molecular weight is 381 g/mol. The molecule has 146 valence electrons. The molecule has 2 aromatic rings. The lowest BCUT2D eigenvalue weighted by atomic mass is 10.1. The number of Topliss-reactive ketones (excluding diaryl/α,β-unsaturated/α-hetero) is 1. The number of carbonyl (C=O) groups excluding carboxylic acids is 3. The second-order valence-electron chi connectivity index (χ2n) is 6.51. The summed E-state index contributed by atoms with van der Waals surface area (Å²) in [6.07, 6.45) is 0. The van der Waals surface area contributed by atoms with E-state index >= 15 is 0 Å². The van der Waals surface area contributed by atoms with Crippen molar-refractivity contribution >= 4 is 29.0 Å². The van der Waals surface area contributed by atoms with Crippen LogP contribution in [0.25, 0.3) is 0 Å². The van der Waals surface area contributed by atoms with Crippen molar-refractivity contribution in [1.29, 1.82) is 0 Å². The van der Waals surface area contributed by atoms with Gasteiger partial charge in [0.15, 0.2) is 5.78 Å². The first-order chi connectivity index (χ1) is 13.5. The van der Waals surface area contributed by atoms with Gasteiger partial charge >= 0.3 is 0 Å². The maximum Gasteiger partial charge on any atom is 0.251 e. The van der Waals surface area contributed by atoms with Crippen molar-refractivity contribution in [1.82, 2.24) is 5.32 Å². The van der Waals surface area contributed by atoms with E-state index in [0.29, 0.717) is 30.0 Å². The van der Waals surface area contributed by atoms with Crippen LogP contribution in [0.1, 0.15) is 27.6 Å². The molecule has 0 spiro atoms. The molecule has 0 unspecified atom stereocenters. The molecule has 0 bridgehead atoms. The summed E-state index contributed by atoms with van der Waals surface area (Å²) in [6.45, 7) is 4.38. The monoisotopic (exact) mass is 381 g/mol. The number of ketones is 1. The van der Waals surface area contributed by atoms with Crippen molar-refractivity contribution < 1.29 is 19.1 Å². The Bertz CT molecular complexity index is 858. The van der Waals surface area contributed by atoms with E-state index in [1.807, 2.05) is 12.1 Å². The van der Waals surface area contributed by atoms with E-state index in [2.05, 4.69) is 15.5 Å². The second-order valence-corrected chi connectivity index (χ2v) is 6.51. The van der Waals surface area contributed by atoms with Gasteiger partial charge in [0.05, 0.1) is 19.8 Å². The Morgan fingerprint density at radius 3 is 2.39 bits per heavy atom. The van der Waals surface area contributed by atoms with Crippen molar-refractivity contribution in [2.75, 3.05) is 43.1 Å². The van der Waals surface area contributed by atoms with Crippen LogP contribution < -0.4 is 15.5 Å². The zero-order valence-corrected chi connectivity index (χ0v) is 15.7. The fourth-order valence-electron chi connectivity index (χ4n) is 2.99. The number of carbonyl (C=O) groups is 3. The van der Waals surface area contributed by atoms with Gasteiger partial charge in [0.1, 0.15) is 0 Å². The Kier molecular flexibility index (Phi) is 6.39. The number of amides is 2. The van der Waals surface area contributed by atoms with Crippen molar-refractivity contribution in [3.8, 4) is 0 Å². The first-order valence-electron chi connectivity index (χ1n) is 9.15. The first kappa shape index (κ1) is 19.6. The third-order valence-corrected chi connectivity index (χ3v) is 4.42. The number of rotatable bonds is 6. The van der Waals surface area contributed by atoms with Gasteiger partial charge in [-0.2, -0.15) is 0 Å². The maximum absolute atomic E-state index is 12.4. The highest BCUT2D eigenvalue weighted by Crippen LogP contribution is 2.17. The summed E-state index contributed by atoms with van der Waals surface area (Å²) in [7, 11) is 0. The minimum atomic E-state index is -0.370. The summed E-state index contributed by atoms with van der Waals surface area (Å²) in [5.41, 5.74) is 2.51. The van der Waals surface area contributed by atoms with Crippen LogP contribution >= 0.6 is 0 Å². The van der Waals surface area contributed by atoms with E-state index in [-0.39, 0.29) is 24.1 Å². The van der Waals surface area contributed by atoms with Crippen molar-refractivity contribution in [3.05, 3.63) is 59.7 Å². The largest absolute Gasteiger partial charge is 0.378 e. The molecular formula is C21H23N3O4. The van der Waals surface area contributed by atoms with E-state index in [9.17, 15) is 14.4 Å². The Morgan fingerprint density at radius 2 is 1.71 bits per heavy atom. The van der Waals surface area contributed by atoms with E-state index in [4.69, 9.17) is 4.74 Å². The first-order valence-corrected chi connectivity index (χ1v) is 9.15. The number of nitrogens with one attached hydrogen (secondary N) is 2. The summed E-state index contributed by atoms with van der Waals surface area (Å²) < 4.78 is 5.34. The summed E-state index contributed by atoms with van der Waals surface area (Å²) >= 11 is 0. The predicted octanol–water partition coefficient (Wildman–Crippen LogP) is 2.09. The molecule has 2 aromatic carbocycles. The van der Waals surface area contributed by atoms with Crippen LogP contribution in [0.2, 0.25) is 0 Å². The minimum absolute atomic E-state index is 0.0971. The number of benzene rings is 2. The topological polar surface area (TPSA) is 87.7 Å². The second kappa shape index (κ2) is 9.14.